The maximum absolute atomic E-state index is 13.7. The van der Waals surface area contributed by atoms with Crippen molar-refractivity contribution in [2.24, 2.45) is 0 Å². The van der Waals surface area contributed by atoms with Gasteiger partial charge in [0.2, 0.25) is 5.91 Å². The highest BCUT2D eigenvalue weighted by Gasteiger charge is 2.23. The van der Waals surface area contributed by atoms with Crippen LogP contribution in [0.25, 0.3) is 6.08 Å². The van der Waals surface area contributed by atoms with Gasteiger partial charge in [0.05, 0.1) is 26.4 Å². The molecule has 1 aliphatic heterocycles. The second-order valence-corrected chi connectivity index (χ2v) is 6.54. The molecule has 0 spiro atoms. The van der Waals surface area contributed by atoms with E-state index in [0.717, 1.165) is 24.4 Å². The summed E-state index contributed by atoms with van der Waals surface area (Å²) >= 11 is 0. The normalized spacial score (nSPS) is 16.1. The van der Waals surface area contributed by atoms with Gasteiger partial charge in [0, 0.05) is 31.3 Å². The molecule has 5 nitrogen and oxygen atoms in total. The second kappa shape index (κ2) is 10.0. The summed E-state index contributed by atoms with van der Waals surface area (Å²) in [7, 11) is 1.64. The highest BCUT2D eigenvalue weighted by Crippen LogP contribution is 2.23. The minimum Gasteiger partial charge on any atom is -0.497 e. The molecular formula is C22H25FN2O3. The van der Waals surface area contributed by atoms with E-state index < -0.39 is 0 Å². The van der Waals surface area contributed by atoms with Crippen molar-refractivity contribution in [1.29, 1.82) is 0 Å². The van der Waals surface area contributed by atoms with Gasteiger partial charge in [0.1, 0.15) is 11.6 Å². The van der Waals surface area contributed by atoms with Gasteiger partial charge >= 0.3 is 0 Å². The molecule has 148 valence electrons. The third kappa shape index (κ3) is 5.41. The number of nitrogens with zero attached hydrogens (tertiary/aromatic N) is 1. The topological polar surface area (TPSA) is 50.8 Å². The third-order valence-corrected chi connectivity index (χ3v) is 4.78. The smallest absolute Gasteiger partial charge is 0.244 e. The molecule has 1 aliphatic rings. The maximum atomic E-state index is 13.7. The van der Waals surface area contributed by atoms with Crippen molar-refractivity contribution in [3.8, 4) is 5.75 Å². The number of benzene rings is 2. The summed E-state index contributed by atoms with van der Waals surface area (Å²) < 4.78 is 24.4. The monoisotopic (exact) mass is 384 g/mol. The summed E-state index contributed by atoms with van der Waals surface area (Å²) in [4.78, 5) is 14.6. The van der Waals surface area contributed by atoms with Crippen LogP contribution in [0.4, 0.5) is 4.39 Å². The van der Waals surface area contributed by atoms with Crippen LogP contribution in [-0.2, 0) is 9.53 Å². The molecule has 28 heavy (non-hydrogen) atoms. The lowest BCUT2D eigenvalue weighted by Gasteiger charge is -2.34. The van der Waals surface area contributed by atoms with E-state index in [1.54, 1.807) is 25.3 Å². The molecule has 1 heterocycles. The van der Waals surface area contributed by atoms with Crippen molar-refractivity contribution < 1.29 is 18.7 Å². The first-order chi connectivity index (χ1) is 13.7. The number of hydrogen-bond donors (Lipinski definition) is 1. The van der Waals surface area contributed by atoms with E-state index in [1.807, 2.05) is 24.3 Å². The van der Waals surface area contributed by atoms with Crippen molar-refractivity contribution in [3.05, 3.63) is 71.6 Å². The molecule has 1 fully saturated rings. The molecule has 0 radical (unpaired) electrons. The molecule has 1 saturated heterocycles. The number of hydrogen-bond acceptors (Lipinski definition) is 4. The van der Waals surface area contributed by atoms with Crippen LogP contribution < -0.4 is 10.1 Å². The van der Waals surface area contributed by atoms with Gasteiger partial charge in [-0.25, -0.2) is 4.39 Å². The van der Waals surface area contributed by atoms with Crippen LogP contribution in [0.3, 0.4) is 0 Å². The van der Waals surface area contributed by atoms with Crippen LogP contribution in [0.1, 0.15) is 17.2 Å². The van der Waals surface area contributed by atoms with Gasteiger partial charge in [0.15, 0.2) is 0 Å². The number of morpholine rings is 1. The molecule has 1 unspecified atom stereocenters. The Balaban J connectivity index is 1.66. The van der Waals surface area contributed by atoms with Crippen LogP contribution in [0.15, 0.2) is 54.6 Å². The van der Waals surface area contributed by atoms with E-state index in [0.29, 0.717) is 25.3 Å². The summed E-state index contributed by atoms with van der Waals surface area (Å²) in [5.41, 5.74) is 1.48. The fourth-order valence-electron chi connectivity index (χ4n) is 3.20. The Morgan fingerprint density at radius 3 is 2.61 bits per heavy atom. The second-order valence-electron chi connectivity index (χ2n) is 6.54. The molecule has 3 rings (SSSR count). The summed E-state index contributed by atoms with van der Waals surface area (Å²) in [6.07, 6.45) is 2.85. The first kappa shape index (κ1) is 20.0. The Labute approximate surface area is 164 Å². The molecule has 2 aromatic carbocycles. The molecule has 0 bridgehead atoms. The highest BCUT2D eigenvalue weighted by molar-refractivity contribution is 5.91. The standard InChI is InChI=1S/C22H25FN2O3/c1-27-19-9-6-18(7-10-19)21(25-12-14-28-15-13-25)16-24-22(26)11-8-17-4-2-3-5-20(17)23/h2-11,21H,12-16H2,1H3,(H,24,26)/b11-8+. The third-order valence-electron chi connectivity index (χ3n) is 4.78. The van der Waals surface area contributed by atoms with Crippen molar-refractivity contribution in [1.82, 2.24) is 10.2 Å². The van der Waals surface area contributed by atoms with E-state index in [2.05, 4.69) is 10.2 Å². The SMILES string of the molecule is COc1ccc(C(CNC(=O)/C=C/c2ccccc2F)N2CCOCC2)cc1. The number of halogens is 1. The Bertz CT molecular complexity index is 802. The zero-order valence-electron chi connectivity index (χ0n) is 15.9. The number of nitrogens with one attached hydrogen (secondary N) is 1. The minimum atomic E-state index is -0.351. The van der Waals surface area contributed by atoms with Gasteiger partial charge < -0.3 is 14.8 Å². The Morgan fingerprint density at radius 2 is 1.93 bits per heavy atom. The molecule has 0 aromatic heterocycles. The molecular weight excluding hydrogens is 359 g/mol. The van der Waals surface area contributed by atoms with Crippen molar-refractivity contribution in [2.75, 3.05) is 40.0 Å². The average Bonchev–Trinajstić information content (AvgIpc) is 2.74. The van der Waals surface area contributed by atoms with E-state index in [1.165, 1.54) is 18.2 Å². The molecule has 0 aliphatic carbocycles. The van der Waals surface area contributed by atoms with Gasteiger partial charge in [-0.3, -0.25) is 9.69 Å². The lowest BCUT2D eigenvalue weighted by molar-refractivity contribution is -0.116. The molecule has 1 amide bonds. The van der Waals surface area contributed by atoms with Crippen LogP contribution in [0.2, 0.25) is 0 Å². The summed E-state index contributed by atoms with van der Waals surface area (Å²) in [6.45, 7) is 3.41. The number of amides is 1. The lowest BCUT2D eigenvalue weighted by Crippen LogP contribution is -2.43. The molecule has 2 aromatic rings. The quantitative estimate of drug-likeness (QED) is 0.746. The number of rotatable bonds is 7. The minimum absolute atomic E-state index is 0.0283. The summed E-state index contributed by atoms with van der Waals surface area (Å²) in [5, 5.41) is 2.93. The van der Waals surface area contributed by atoms with E-state index in [4.69, 9.17) is 9.47 Å². The van der Waals surface area contributed by atoms with Gasteiger partial charge in [-0.15, -0.1) is 0 Å². The zero-order chi connectivity index (χ0) is 19.8. The Morgan fingerprint density at radius 1 is 1.21 bits per heavy atom. The summed E-state index contributed by atoms with van der Waals surface area (Å²) in [5.74, 6) is 0.187. The first-order valence-corrected chi connectivity index (χ1v) is 9.33. The number of carbonyl (C=O) groups excluding carboxylic acids is 1. The van der Waals surface area contributed by atoms with Crippen LogP contribution in [-0.4, -0.2) is 50.8 Å². The maximum Gasteiger partial charge on any atom is 0.244 e. The average molecular weight is 384 g/mol. The van der Waals surface area contributed by atoms with Crippen molar-refractivity contribution >= 4 is 12.0 Å². The zero-order valence-corrected chi connectivity index (χ0v) is 15.9. The largest absolute Gasteiger partial charge is 0.497 e. The van der Waals surface area contributed by atoms with Crippen LogP contribution in [0, 0.1) is 5.82 Å². The van der Waals surface area contributed by atoms with E-state index in [9.17, 15) is 9.18 Å². The van der Waals surface area contributed by atoms with Gasteiger partial charge in [0.25, 0.3) is 0 Å². The van der Waals surface area contributed by atoms with Crippen LogP contribution in [0.5, 0.6) is 5.75 Å². The first-order valence-electron chi connectivity index (χ1n) is 9.33. The number of methoxy groups -OCH3 is 1. The molecule has 1 N–H and O–H groups in total. The van der Waals surface area contributed by atoms with Gasteiger partial charge in [-0.2, -0.15) is 0 Å². The molecule has 1 atom stereocenters. The van der Waals surface area contributed by atoms with Crippen molar-refractivity contribution in [3.63, 3.8) is 0 Å². The van der Waals surface area contributed by atoms with Crippen LogP contribution >= 0.6 is 0 Å². The predicted octanol–water partition coefficient (Wildman–Crippen LogP) is 3.04. The molecule has 6 heteroatoms. The van der Waals surface area contributed by atoms with Crippen molar-refractivity contribution in [2.45, 2.75) is 6.04 Å². The van der Waals surface area contributed by atoms with Gasteiger partial charge in [-0.05, 0) is 29.8 Å². The molecule has 0 saturated carbocycles. The number of ether oxygens (including phenoxy) is 2. The Kier molecular flexibility index (Phi) is 7.17. The summed E-state index contributed by atoms with van der Waals surface area (Å²) in [6, 6.07) is 14.3. The van der Waals surface area contributed by atoms with E-state index in [-0.39, 0.29) is 17.8 Å². The fraction of sp³-hybridized carbons (Fsp3) is 0.318. The Hall–Kier alpha value is -2.70. The fourth-order valence-corrected chi connectivity index (χ4v) is 3.20. The van der Waals surface area contributed by atoms with E-state index >= 15 is 0 Å². The van der Waals surface area contributed by atoms with Gasteiger partial charge in [-0.1, -0.05) is 30.3 Å². The highest BCUT2D eigenvalue weighted by atomic mass is 19.1. The number of carbonyl (C=O) groups is 1. The predicted molar refractivity (Wildman–Crippen MR) is 107 cm³/mol. The lowest BCUT2D eigenvalue weighted by atomic mass is 10.0.